The number of benzene rings is 2. The van der Waals surface area contributed by atoms with Gasteiger partial charge in [0.15, 0.2) is 0 Å². The van der Waals surface area contributed by atoms with E-state index in [0.717, 1.165) is 12.1 Å². The summed E-state index contributed by atoms with van der Waals surface area (Å²) in [6, 6.07) is 6.84. The number of halogens is 2. The number of rotatable bonds is 3. The van der Waals surface area contributed by atoms with Crippen LogP contribution < -0.4 is 5.32 Å². The van der Waals surface area contributed by atoms with Crippen LogP contribution in [-0.2, 0) is 0 Å². The second-order valence-electron chi connectivity index (χ2n) is 4.15. The predicted molar refractivity (Wildman–Crippen MR) is 74.4 cm³/mol. The lowest BCUT2D eigenvalue weighted by molar-refractivity contribution is 0.0696. The molecule has 0 heterocycles. The minimum absolute atomic E-state index is 0.107. The predicted octanol–water partition coefficient (Wildman–Crippen LogP) is 3.14. The van der Waals surface area contributed by atoms with Crippen molar-refractivity contribution in [3.8, 4) is 5.75 Å². The van der Waals surface area contributed by atoms with Crippen molar-refractivity contribution < 1.29 is 24.2 Å². The first kappa shape index (κ1) is 14.8. The molecule has 2 aromatic carbocycles. The maximum absolute atomic E-state index is 13.5. The van der Waals surface area contributed by atoms with Crippen LogP contribution in [0.25, 0.3) is 0 Å². The van der Waals surface area contributed by atoms with Gasteiger partial charge in [-0.05, 0) is 30.3 Å². The Labute approximate surface area is 123 Å². The van der Waals surface area contributed by atoms with Gasteiger partial charge < -0.3 is 15.5 Å². The number of carboxylic acids is 1. The summed E-state index contributed by atoms with van der Waals surface area (Å²) in [5, 5.41) is 20.5. The largest absolute Gasteiger partial charge is 0.508 e. The minimum atomic E-state index is -1.20. The van der Waals surface area contributed by atoms with Crippen molar-refractivity contribution >= 4 is 29.2 Å². The van der Waals surface area contributed by atoms with E-state index in [1.54, 1.807) is 0 Å². The van der Waals surface area contributed by atoms with Gasteiger partial charge in [-0.25, -0.2) is 9.18 Å². The third kappa shape index (κ3) is 3.49. The molecule has 0 radical (unpaired) electrons. The molecule has 0 atom stereocenters. The number of aromatic carboxylic acids is 1. The second-order valence-corrected chi connectivity index (χ2v) is 4.59. The van der Waals surface area contributed by atoms with Crippen molar-refractivity contribution in [2.75, 3.05) is 5.32 Å². The Morgan fingerprint density at radius 1 is 1.14 bits per heavy atom. The summed E-state index contributed by atoms with van der Waals surface area (Å²) in [6.07, 6.45) is 0. The summed E-state index contributed by atoms with van der Waals surface area (Å²) in [6.45, 7) is 0. The van der Waals surface area contributed by atoms with E-state index in [4.69, 9.17) is 21.8 Å². The number of carbonyl (C=O) groups excluding carboxylic acids is 1. The molecule has 2 aromatic rings. The van der Waals surface area contributed by atoms with Crippen molar-refractivity contribution in [1.82, 2.24) is 0 Å². The minimum Gasteiger partial charge on any atom is -0.508 e. The Balaban J connectivity index is 2.29. The van der Waals surface area contributed by atoms with Crippen LogP contribution in [0.2, 0.25) is 5.02 Å². The Kier molecular flexibility index (Phi) is 4.09. The van der Waals surface area contributed by atoms with E-state index in [2.05, 4.69) is 5.32 Å². The Bertz CT molecular complexity index is 733. The van der Waals surface area contributed by atoms with Gasteiger partial charge in [0.25, 0.3) is 5.91 Å². The van der Waals surface area contributed by atoms with Crippen molar-refractivity contribution in [3.05, 3.63) is 58.4 Å². The lowest BCUT2D eigenvalue weighted by atomic mass is 10.1. The van der Waals surface area contributed by atoms with Crippen LogP contribution in [0.5, 0.6) is 5.75 Å². The molecule has 0 saturated carbocycles. The number of phenols is 1. The molecule has 108 valence electrons. The zero-order valence-electron chi connectivity index (χ0n) is 10.4. The first-order valence-corrected chi connectivity index (χ1v) is 6.08. The fourth-order valence-electron chi connectivity index (χ4n) is 1.67. The van der Waals surface area contributed by atoms with Gasteiger partial charge >= 0.3 is 5.97 Å². The smallest absolute Gasteiger partial charge is 0.335 e. The van der Waals surface area contributed by atoms with Crippen LogP contribution in [0, 0.1) is 5.82 Å². The van der Waals surface area contributed by atoms with Crippen LogP contribution in [-0.4, -0.2) is 22.1 Å². The number of nitrogens with one attached hydrogen (secondary N) is 1. The normalized spacial score (nSPS) is 10.2. The van der Waals surface area contributed by atoms with E-state index < -0.39 is 17.7 Å². The van der Waals surface area contributed by atoms with Gasteiger partial charge in [-0.15, -0.1) is 0 Å². The van der Waals surface area contributed by atoms with E-state index in [-0.39, 0.29) is 27.6 Å². The van der Waals surface area contributed by atoms with Crippen LogP contribution in [0.15, 0.2) is 36.4 Å². The van der Waals surface area contributed by atoms with Gasteiger partial charge in [-0.1, -0.05) is 11.6 Å². The summed E-state index contributed by atoms with van der Waals surface area (Å²) in [4.78, 5) is 22.8. The molecule has 0 fully saturated rings. The highest BCUT2D eigenvalue weighted by molar-refractivity contribution is 6.31. The van der Waals surface area contributed by atoms with Crippen LogP contribution in [0.1, 0.15) is 20.7 Å². The molecule has 0 bridgehead atoms. The topological polar surface area (TPSA) is 86.6 Å². The summed E-state index contributed by atoms with van der Waals surface area (Å²) in [5.41, 5.74) is -0.272. The summed E-state index contributed by atoms with van der Waals surface area (Å²) < 4.78 is 13.5. The lowest BCUT2D eigenvalue weighted by Crippen LogP contribution is -2.14. The quantitative estimate of drug-likeness (QED) is 0.813. The number of hydrogen-bond acceptors (Lipinski definition) is 3. The molecule has 1 amide bonds. The molecule has 7 heteroatoms. The summed E-state index contributed by atoms with van der Waals surface area (Å²) in [5.74, 6) is -3.19. The fraction of sp³-hybridized carbons (Fsp3) is 0. The second kappa shape index (κ2) is 5.80. The Hall–Kier alpha value is -2.60. The molecule has 5 nitrogen and oxygen atoms in total. The van der Waals surface area contributed by atoms with Gasteiger partial charge in [0.1, 0.15) is 11.6 Å². The van der Waals surface area contributed by atoms with Gasteiger partial charge in [-0.2, -0.15) is 0 Å². The third-order valence-corrected chi connectivity index (χ3v) is 2.82. The first-order valence-electron chi connectivity index (χ1n) is 5.70. The van der Waals surface area contributed by atoms with E-state index in [9.17, 15) is 14.0 Å². The van der Waals surface area contributed by atoms with E-state index in [0.29, 0.717) is 0 Å². The van der Waals surface area contributed by atoms with Crippen molar-refractivity contribution in [2.24, 2.45) is 0 Å². The average molecular weight is 310 g/mol. The average Bonchev–Trinajstić information content (AvgIpc) is 2.37. The number of amides is 1. The van der Waals surface area contributed by atoms with Gasteiger partial charge in [-0.3, -0.25) is 4.79 Å². The highest BCUT2D eigenvalue weighted by Gasteiger charge is 2.14. The third-order valence-electron chi connectivity index (χ3n) is 2.60. The van der Waals surface area contributed by atoms with Gasteiger partial charge in [0, 0.05) is 16.8 Å². The number of anilines is 1. The molecular weight excluding hydrogens is 301 g/mol. The number of carboxylic acid groups (broad SMARTS) is 1. The Morgan fingerprint density at radius 3 is 2.48 bits per heavy atom. The molecule has 0 saturated heterocycles. The SMILES string of the molecule is O=C(O)c1cc(Cl)cc(NC(=O)c2ccc(O)cc2F)c1. The van der Waals surface area contributed by atoms with Crippen LogP contribution in [0.4, 0.5) is 10.1 Å². The summed E-state index contributed by atoms with van der Waals surface area (Å²) >= 11 is 5.75. The monoisotopic (exact) mass is 309 g/mol. The molecule has 21 heavy (non-hydrogen) atoms. The van der Waals surface area contributed by atoms with E-state index in [1.165, 1.54) is 24.3 Å². The molecule has 0 aromatic heterocycles. The number of carbonyl (C=O) groups is 2. The van der Waals surface area contributed by atoms with Gasteiger partial charge in [0.05, 0.1) is 11.1 Å². The number of phenolic OH excluding ortho intramolecular Hbond substituents is 1. The molecular formula is C14H9ClFNO4. The molecule has 2 rings (SSSR count). The number of hydrogen-bond donors (Lipinski definition) is 3. The Morgan fingerprint density at radius 2 is 1.86 bits per heavy atom. The zero-order valence-corrected chi connectivity index (χ0v) is 11.2. The van der Waals surface area contributed by atoms with Gasteiger partial charge in [0.2, 0.25) is 0 Å². The fourth-order valence-corrected chi connectivity index (χ4v) is 1.91. The maximum atomic E-state index is 13.5. The highest BCUT2D eigenvalue weighted by Crippen LogP contribution is 2.21. The van der Waals surface area contributed by atoms with Crippen LogP contribution in [0.3, 0.4) is 0 Å². The molecule has 0 aliphatic carbocycles. The molecule has 0 aliphatic rings. The van der Waals surface area contributed by atoms with E-state index in [1.807, 2.05) is 0 Å². The zero-order chi connectivity index (χ0) is 15.6. The lowest BCUT2D eigenvalue weighted by Gasteiger charge is -2.08. The summed E-state index contributed by atoms with van der Waals surface area (Å²) in [7, 11) is 0. The van der Waals surface area contributed by atoms with Crippen molar-refractivity contribution in [3.63, 3.8) is 0 Å². The van der Waals surface area contributed by atoms with E-state index >= 15 is 0 Å². The highest BCUT2D eigenvalue weighted by atomic mass is 35.5. The standard InChI is InChI=1S/C14H9ClFNO4/c15-8-3-7(14(20)21)4-9(5-8)17-13(19)11-2-1-10(18)6-12(11)16/h1-6,18H,(H,17,19)(H,20,21). The van der Waals surface area contributed by atoms with Crippen molar-refractivity contribution in [1.29, 1.82) is 0 Å². The van der Waals surface area contributed by atoms with Crippen LogP contribution >= 0.6 is 11.6 Å². The van der Waals surface area contributed by atoms with Crippen molar-refractivity contribution in [2.45, 2.75) is 0 Å². The first-order chi connectivity index (χ1) is 9.86. The molecule has 0 aliphatic heterocycles. The molecule has 3 N–H and O–H groups in total. The molecule has 0 spiro atoms. The maximum Gasteiger partial charge on any atom is 0.335 e. The molecule has 0 unspecified atom stereocenters. The number of aromatic hydroxyl groups is 1.